The molecular weight excluding hydrogens is 252 g/mol. The molecule has 0 aromatic rings. The Kier molecular flexibility index (Phi) is 5.81. The van der Waals surface area contributed by atoms with Crippen LogP contribution in [0.3, 0.4) is 0 Å². The van der Waals surface area contributed by atoms with Crippen LogP contribution in [0.1, 0.15) is 26.7 Å². The van der Waals surface area contributed by atoms with E-state index in [0.29, 0.717) is 18.6 Å². The number of rotatable bonds is 4. The minimum Gasteiger partial charge on any atom is -0.342 e. The number of hydrogen-bond donors (Lipinski definition) is 1. The minimum absolute atomic E-state index is 0.287. The van der Waals surface area contributed by atoms with Crippen LogP contribution in [0.2, 0.25) is 0 Å². The maximum Gasteiger partial charge on any atom is 0.236 e. The lowest BCUT2D eigenvalue weighted by atomic mass is 10.0. The molecule has 0 saturated carbocycles. The fourth-order valence-electron chi connectivity index (χ4n) is 3.17. The molecule has 0 aromatic heterocycles. The van der Waals surface area contributed by atoms with Crippen LogP contribution in [-0.4, -0.2) is 85.6 Å². The van der Waals surface area contributed by atoms with E-state index in [4.69, 9.17) is 0 Å². The topological polar surface area (TPSA) is 38.8 Å². The molecule has 0 radical (unpaired) electrons. The van der Waals surface area contributed by atoms with E-state index in [9.17, 15) is 4.79 Å². The van der Waals surface area contributed by atoms with Crippen molar-refractivity contribution in [2.45, 2.75) is 38.8 Å². The molecule has 1 amide bonds. The fraction of sp³-hybridized carbons (Fsp3) is 0.933. The summed E-state index contributed by atoms with van der Waals surface area (Å²) < 4.78 is 0. The molecule has 0 aromatic carbocycles. The first-order valence-corrected chi connectivity index (χ1v) is 8.00. The van der Waals surface area contributed by atoms with Crippen molar-refractivity contribution in [3.8, 4) is 0 Å². The predicted molar refractivity (Wildman–Crippen MR) is 81.8 cm³/mol. The van der Waals surface area contributed by atoms with Gasteiger partial charge in [0.05, 0.1) is 6.54 Å². The van der Waals surface area contributed by atoms with Gasteiger partial charge < -0.3 is 15.1 Å². The number of likely N-dealkylation sites (tertiary alicyclic amines) is 1. The molecular formula is C15H30N4O. The first-order chi connectivity index (χ1) is 9.58. The fourth-order valence-corrected chi connectivity index (χ4v) is 3.17. The van der Waals surface area contributed by atoms with Crippen molar-refractivity contribution in [1.29, 1.82) is 0 Å². The van der Waals surface area contributed by atoms with Crippen molar-refractivity contribution in [1.82, 2.24) is 20.0 Å². The number of likely N-dealkylation sites (N-methyl/N-ethyl adjacent to an activating group) is 1. The van der Waals surface area contributed by atoms with Crippen LogP contribution >= 0.6 is 0 Å². The van der Waals surface area contributed by atoms with E-state index < -0.39 is 0 Å². The Labute approximate surface area is 123 Å². The Balaban J connectivity index is 1.76. The zero-order valence-electron chi connectivity index (χ0n) is 13.3. The Morgan fingerprint density at radius 3 is 2.35 bits per heavy atom. The van der Waals surface area contributed by atoms with Gasteiger partial charge in [0.1, 0.15) is 0 Å². The summed E-state index contributed by atoms with van der Waals surface area (Å²) in [5, 5.41) is 3.32. The molecule has 0 bridgehead atoms. The molecule has 0 aliphatic carbocycles. The normalized spacial score (nSPS) is 23.2. The average molecular weight is 282 g/mol. The molecule has 0 spiro atoms. The standard InChI is InChI=1S/C15H30N4O/c1-13(2)19-8-4-14(5-9-19)17(3)15(20)12-18-10-6-16-7-11-18/h13-14,16H,4-12H2,1-3H3. The summed E-state index contributed by atoms with van der Waals surface area (Å²) in [5.74, 6) is 0.287. The minimum atomic E-state index is 0.287. The molecule has 0 unspecified atom stereocenters. The van der Waals surface area contributed by atoms with Crippen LogP contribution in [0, 0.1) is 0 Å². The summed E-state index contributed by atoms with van der Waals surface area (Å²) in [7, 11) is 1.99. The van der Waals surface area contributed by atoms with Gasteiger partial charge >= 0.3 is 0 Å². The highest BCUT2D eigenvalue weighted by Crippen LogP contribution is 2.17. The Morgan fingerprint density at radius 1 is 1.20 bits per heavy atom. The predicted octanol–water partition coefficient (Wildman–Crippen LogP) is 0.223. The zero-order chi connectivity index (χ0) is 14.5. The van der Waals surface area contributed by atoms with Crippen molar-refractivity contribution in [2.24, 2.45) is 0 Å². The van der Waals surface area contributed by atoms with Crippen molar-refractivity contribution < 1.29 is 4.79 Å². The van der Waals surface area contributed by atoms with Gasteiger partial charge in [-0.05, 0) is 26.7 Å². The molecule has 2 saturated heterocycles. The Bertz CT molecular complexity index is 307. The third-order valence-corrected chi connectivity index (χ3v) is 4.74. The van der Waals surface area contributed by atoms with Crippen LogP contribution in [0.4, 0.5) is 0 Å². The molecule has 2 aliphatic rings. The van der Waals surface area contributed by atoms with Gasteiger partial charge in [-0.15, -0.1) is 0 Å². The quantitative estimate of drug-likeness (QED) is 0.801. The summed E-state index contributed by atoms with van der Waals surface area (Å²) in [6.07, 6.45) is 2.23. The van der Waals surface area contributed by atoms with Gasteiger partial charge in [0.25, 0.3) is 0 Å². The lowest BCUT2D eigenvalue weighted by Crippen LogP contribution is -2.51. The van der Waals surface area contributed by atoms with Crippen LogP contribution < -0.4 is 5.32 Å². The van der Waals surface area contributed by atoms with Gasteiger partial charge in [-0.2, -0.15) is 0 Å². The summed E-state index contributed by atoms with van der Waals surface area (Å²) >= 11 is 0. The molecule has 2 aliphatic heterocycles. The molecule has 2 rings (SSSR count). The third-order valence-electron chi connectivity index (χ3n) is 4.74. The molecule has 0 atom stereocenters. The first-order valence-electron chi connectivity index (χ1n) is 8.00. The maximum absolute atomic E-state index is 12.4. The summed E-state index contributed by atoms with van der Waals surface area (Å²) in [5.41, 5.74) is 0. The highest BCUT2D eigenvalue weighted by atomic mass is 16.2. The molecule has 2 heterocycles. The molecule has 5 heteroatoms. The van der Waals surface area contributed by atoms with E-state index in [1.807, 2.05) is 11.9 Å². The number of carbonyl (C=O) groups is 1. The van der Waals surface area contributed by atoms with E-state index >= 15 is 0 Å². The van der Waals surface area contributed by atoms with Gasteiger partial charge in [0.2, 0.25) is 5.91 Å². The van der Waals surface area contributed by atoms with Gasteiger partial charge in [0.15, 0.2) is 0 Å². The lowest BCUT2D eigenvalue weighted by molar-refractivity contribution is -0.134. The number of nitrogens with one attached hydrogen (secondary N) is 1. The largest absolute Gasteiger partial charge is 0.342 e. The van der Waals surface area contributed by atoms with E-state index in [0.717, 1.165) is 52.1 Å². The molecule has 1 N–H and O–H groups in total. The average Bonchev–Trinajstić information content (AvgIpc) is 2.47. The summed E-state index contributed by atoms with van der Waals surface area (Å²) in [6.45, 7) is 11.3. The van der Waals surface area contributed by atoms with Crippen LogP contribution in [-0.2, 0) is 4.79 Å². The first kappa shape index (κ1) is 15.7. The SMILES string of the molecule is CC(C)N1CCC(N(C)C(=O)CN2CCNCC2)CC1. The number of piperidine rings is 1. The second-order valence-electron chi connectivity index (χ2n) is 6.39. The van der Waals surface area contributed by atoms with Crippen LogP contribution in [0.25, 0.3) is 0 Å². The van der Waals surface area contributed by atoms with Crippen molar-refractivity contribution >= 4 is 5.91 Å². The number of amides is 1. The van der Waals surface area contributed by atoms with Gasteiger partial charge in [-0.1, -0.05) is 0 Å². The monoisotopic (exact) mass is 282 g/mol. The zero-order valence-corrected chi connectivity index (χ0v) is 13.3. The Morgan fingerprint density at radius 2 is 1.80 bits per heavy atom. The van der Waals surface area contributed by atoms with E-state index in [1.165, 1.54) is 0 Å². The van der Waals surface area contributed by atoms with Crippen LogP contribution in [0.5, 0.6) is 0 Å². The second-order valence-corrected chi connectivity index (χ2v) is 6.39. The number of hydrogen-bond acceptors (Lipinski definition) is 4. The highest BCUT2D eigenvalue weighted by molar-refractivity contribution is 5.78. The van der Waals surface area contributed by atoms with Gasteiger partial charge in [-0.3, -0.25) is 9.69 Å². The summed E-state index contributed by atoms with van der Waals surface area (Å²) in [6, 6.07) is 1.05. The number of carbonyl (C=O) groups excluding carboxylic acids is 1. The van der Waals surface area contributed by atoms with Crippen molar-refractivity contribution in [2.75, 3.05) is 52.9 Å². The van der Waals surface area contributed by atoms with Crippen LogP contribution in [0.15, 0.2) is 0 Å². The van der Waals surface area contributed by atoms with E-state index in [-0.39, 0.29) is 5.91 Å². The molecule has 2 fully saturated rings. The maximum atomic E-state index is 12.4. The number of piperazine rings is 1. The smallest absolute Gasteiger partial charge is 0.236 e. The second kappa shape index (κ2) is 7.38. The molecule has 20 heavy (non-hydrogen) atoms. The number of nitrogens with zero attached hydrogens (tertiary/aromatic N) is 3. The molecule has 116 valence electrons. The third kappa shape index (κ3) is 4.17. The highest BCUT2D eigenvalue weighted by Gasteiger charge is 2.27. The van der Waals surface area contributed by atoms with E-state index in [1.54, 1.807) is 0 Å². The van der Waals surface area contributed by atoms with E-state index in [2.05, 4.69) is 29.0 Å². The van der Waals surface area contributed by atoms with Crippen molar-refractivity contribution in [3.05, 3.63) is 0 Å². The van der Waals surface area contributed by atoms with Gasteiger partial charge in [0, 0.05) is 58.4 Å². The van der Waals surface area contributed by atoms with Crippen molar-refractivity contribution in [3.63, 3.8) is 0 Å². The molecule has 5 nitrogen and oxygen atoms in total. The van der Waals surface area contributed by atoms with Gasteiger partial charge in [-0.25, -0.2) is 0 Å². The Hall–Kier alpha value is -0.650. The summed E-state index contributed by atoms with van der Waals surface area (Å²) in [4.78, 5) is 19.1. The lowest BCUT2D eigenvalue weighted by Gasteiger charge is -2.39.